The largest absolute Gasteiger partial charge is 0.464 e. The van der Waals surface area contributed by atoms with Crippen molar-refractivity contribution in [3.8, 4) is 0 Å². The molecule has 100 valence electrons. The molecule has 0 bridgehead atoms. The molecule has 1 rings (SSSR count). The first kappa shape index (κ1) is 14.6. The van der Waals surface area contributed by atoms with E-state index in [0.29, 0.717) is 0 Å². The molecule has 0 fully saturated rings. The average Bonchev–Trinajstić information content (AvgIpc) is 2.71. The number of aryl methyl sites for hydroxylation is 1. The molecule has 0 aliphatic heterocycles. The summed E-state index contributed by atoms with van der Waals surface area (Å²) in [5, 5.41) is 6.55. The molecule has 0 aromatic carbocycles. The summed E-state index contributed by atoms with van der Waals surface area (Å²) in [6, 6.07) is -0.725. The minimum atomic E-state index is -0.725. The third-order valence-corrected chi connectivity index (χ3v) is 2.52. The van der Waals surface area contributed by atoms with Crippen LogP contribution in [-0.4, -0.2) is 40.1 Å². The number of carbonyl (C=O) groups excluding carboxylic acids is 2. The van der Waals surface area contributed by atoms with E-state index in [1.54, 1.807) is 19.3 Å². The van der Waals surface area contributed by atoms with Gasteiger partial charge in [0, 0.05) is 11.9 Å². The second kappa shape index (κ2) is 7.05. The van der Waals surface area contributed by atoms with E-state index < -0.39 is 12.0 Å². The fraction of sp³-hybridized carbons (Fsp3) is 0.545. The summed E-state index contributed by atoms with van der Waals surface area (Å²) < 4.78 is 6.33. The molecule has 0 aliphatic carbocycles. The Morgan fingerprint density at radius 2 is 2.33 bits per heavy atom. The molecule has 1 N–H and O–H groups in total. The van der Waals surface area contributed by atoms with Crippen molar-refractivity contribution < 1.29 is 14.3 Å². The molecule has 7 heteroatoms. The SMILES string of the molecule is CCOC(=O)[C@H](CS)NC(=O)Cn1cc(C)cn1. The maximum absolute atomic E-state index is 11.7. The molecule has 1 aromatic heterocycles. The number of esters is 1. The lowest BCUT2D eigenvalue weighted by Crippen LogP contribution is -2.44. The first-order valence-electron chi connectivity index (χ1n) is 5.62. The molecule has 0 radical (unpaired) electrons. The second-order valence-corrected chi connectivity index (χ2v) is 4.14. The van der Waals surface area contributed by atoms with Gasteiger partial charge in [0.05, 0.1) is 12.8 Å². The number of amides is 1. The molecule has 1 amide bonds. The topological polar surface area (TPSA) is 73.2 Å². The van der Waals surface area contributed by atoms with Gasteiger partial charge in [-0.3, -0.25) is 9.48 Å². The van der Waals surface area contributed by atoms with Crippen molar-refractivity contribution in [3.05, 3.63) is 18.0 Å². The van der Waals surface area contributed by atoms with Crippen molar-refractivity contribution in [2.24, 2.45) is 0 Å². The highest BCUT2D eigenvalue weighted by Crippen LogP contribution is 1.96. The number of aromatic nitrogens is 2. The number of rotatable bonds is 6. The van der Waals surface area contributed by atoms with Crippen molar-refractivity contribution in [1.29, 1.82) is 0 Å². The summed E-state index contributed by atoms with van der Waals surface area (Å²) in [5.41, 5.74) is 0.971. The van der Waals surface area contributed by atoms with Crippen LogP contribution < -0.4 is 5.32 Å². The van der Waals surface area contributed by atoms with Crippen LogP contribution in [0.5, 0.6) is 0 Å². The van der Waals surface area contributed by atoms with Crippen molar-refractivity contribution in [3.63, 3.8) is 0 Å². The molecular formula is C11H17N3O3S. The van der Waals surface area contributed by atoms with Crippen LogP contribution in [0.1, 0.15) is 12.5 Å². The third-order valence-electron chi connectivity index (χ3n) is 2.16. The number of nitrogens with one attached hydrogen (secondary N) is 1. The van der Waals surface area contributed by atoms with Crippen LogP contribution in [0.25, 0.3) is 0 Å². The van der Waals surface area contributed by atoms with Gasteiger partial charge in [0.15, 0.2) is 0 Å². The Kier molecular flexibility index (Phi) is 5.70. The van der Waals surface area contributed by atoms with E-state index in [-0.39, 0.29) is 24.8 Å². The van der Waals surface area contributed by atoms with E-state index in [4.69, 9.17) is 4.74 Å². The van der Waals surface area contributed by atoms with Crippen molar-refractivity contribution in [2.45, 2.75) is 26.4 Å². The van der Waals surface area contributed by atoms with E-state index in [1.807, 2.05) is 6.92 Å². The lowest BCUT2D eigenvalue weighted by atomic mass is 10.3. The Hall–Kier alpha value is -1.50. The molecule has 0 unspecified atom stereocenters. The normalized spacial score (nSPS) is 11.9. The average molecular weight is 271 g/mol. The quantitative estimate of drug-likeness (QED) is 0.571. The van der Waals surface area contributed by atoms with Crippen molar-refractivity contribution in [2.75, 3.05) is 12.4 Å². The van der Waals surface area contributed by atoms with Crippen LogP contribution in [0.15, 0.2) is 12.4 Å². The van der Waals surface area contributed by atoms with Gasteiger partial charge in [-0.15, -0.1) is 0 Å². The Balaban J connectivity index is 2.49. The van der Waals surface area contributed by atoms with E-state index in [9.17, 15) is 9.59 Å². The molecule has 0 spiro atoms. The monoisotopic (exact) mass is 271 g/mol. The molecular weight excluding hydrogens is 254 g/mol. The molecule has 0 saturated carbocycles. The standard InChI is InChI=1S/C11H17N3O3S/c1-3-17-11(16)9(7-18)13-10(15)6-14-5-8(2)4-12-14/h4-5,9,18H,3,6-7H2,1-2H3,(H,13,15)/t9-/m0/s1. The minimum Gasteiger partial charge on any atom is -0.464 e. The number of thiol groups is 1. The first-order chi connectivity index (χ1) is 8.56. The van der Waals surface area contributed by atoms with Gasteiger partial charge in [0.2, 0.25) is 5.91 Å². The summed E-state index contributed by atoms with van der Waals surface area (Å²) >= 11 is 4.01. The zero-order chi connectivity index (χ0) is 13.5. The Morgan fingerprint density at radius 1 is 1.61 bits per heavy atom. The summed E-state index contributed by atoms with van der Waals surface area (Å²) in [6.45, 7) is 3.94. The highest BCUT2D eigenvalue weighted by atomic mass is 32.1. The predicted octanol–water partition coefficient (Wildman–Crippen LogP) is 0.169. The third kappa shape index (κ3) is 4.40. The molecule has 6 nitrogen and oxygen atoms in total. The van der Waals surface area contributed by atoms with E-state index >= 15 is 0 Å². The number of nitrogens with zero attached hydrogens (tertiary/aromatic N) is 2. The zero-order valence-corrected chi connectivity index (χ0v) is 11.3. The summed E-state index contributed by atoms with van der Waals surface area (Å²) in [7, 11) is 0. The summed E-state index contributed by atoms with van der Waals surface area (Å²) in [5.74, 6) is -0.578. The van der Waals surface area contributed by atoms with Crippen LogP contribution in [0, 0.1) is 6.92 Å². The Morgan fingerprint density at radius 3 is 2.83 bits per heavy atom. The van der Waals surface area contributed by atoms with Gasteiger partial charge in [-0.25, -0.2) is 4.79 Å². The number of ether oxygens (including phenoxy) is 1. The van der Waals surface area contributed by atoms with Crippen LogP contribution in [0.4, 0.5) is 0 Å². The van der Waals surface area contributed by atoms with Gasteiger partial charge in [-0.1, -0.05) is 0 Å². The lowest BCUT2D eigenvalue weighted by Gasteiger charge is -2.14. The zero-order valence-electron chi connectivity index (χ0n) is 10.4. The smallest absolute Gasteiger partial charge is 0.329 e. The van der Waals surface area contributed by atoms with Crippen LogP contribution in [0.3, 0.4) is 0 Å². The van der Waals surface area contributed by atoms with Gasteiger partial charge in [0.1, 0.15) is 12.6 Å². The summed E-state index contributed by atoms with van der Waals surface area (Å²) in [6.07, 6.45) is 3.41. The Bertz CT molecular complexity index is 419. The van der Waals surface area contributed by atoms with E-state index in [1.165, 1.54) is 4.68 Å². The number of hydrogen-bond donors (Lipinski definition) is 2. The predicted molar refractivity (Wildman–Crippen MR) is 69.4 cm³/mol. The Labute approximate surface area is 111 Å². The molecule has 1 atom stereocenters. The van der Waals surface area contributed by atoms with Crippen molar-refractivity contribution >= 4 is 24.5 Å². The molecule has 18 heavy (non-hydrogen) atoms. The molecule has 1 aromatic rings. The molecule has 0 saturated heterocycles. The van der Waals surface area contributed by atoms with Crippen LogP contribution in [-0.2, 0) is 20.9 Å². The maximum Gasteiger partial charge on any atom is 0.329 e. The van der Waals surface area contributed by atoms with E-state index in [2.05, 4.69) is 23.0 Å². The van der Waals surface area contributed by atoms with Gasteiger partial charge < -0.3 is 10.1 Å². The fourth-order valence-corrected chi connectivity index (χ4v) is 1.60. The first-order valence-corrected chi connectivity index (χ1v) is 6.26. The maximum atomic E-state index is 11.7. The highest BCUT2D eigenvalue weighted by molar-refractivity contribution is 7.80. The lowest BCUT2D eigenvalue weighted by molar-refractivity contribution is -0.146. The second-order valence-electron chi connectivity index (χ2n) is 3.77. The molecule has 0 aliphatic rings. The van der Waals surface area contributed by atoms with E-state index in [0.717, 1.165) is 5.56 Å². The number of carbonyl (C=O) groups is 2. The van der Waals surface area contributed by atoms with Gasteiger partial charge in [-0.05, 0) is 19.4 Å². The van der Waals surface area contributed by atoms with Crippen LogP contribution >= 0.6 is 12.6 Å². The van der Waals surface area contributed by atoms with Gasteiger partial charge >= 0.3 is 5.97 Å². The number of hydrogen-bond acceptors (Lipinski definition) is 5. The van der Waals surface area contributed by atoms with Crippen LogP contribution in [0.2, 0.25) is 0 Å². The van der Waals surface area contributed by atoms with Gasteiger partial charge in [-0.2, -0.15) is 17.7 Å². The highest BCUT2D eigenvalue weighted by Gasteiger charge is 2.20. The summed E-state index contributed by atoms with van der Waals surface area (Å²) in [4.78, 5) is 23.1. The molecule has 1 heterocycles. The minimum absolute atomic E-state index is 0.0670. The fourth-order valence-electron chi connectivity index (χ4n) is 1.36. The van der Waals surface area contributed by atoms with Crippen molar-refractivity contribution in [1.82, 2.24) is 15.1 Å². The van der Waals surface area contributed by atoms with Gasteiger partial charge in [0.25, 0.3) is 0 Å².